The second-order valence-electron chi connectivity index (χ2n) is 6.88. The van der Waals surface area contributed by atoms with E-state index in [9.17, 15) is 4.79 Å². The Balaban J connectivity index is 2.45. The van der Waals surface area contributed by atoms with Crippen LogP contribution < -0.4 is 5.32 Å². The van der Waals surface area contributed by atoms with Gasteiger partial charge in [0.25, 0.3) is 0 Å². The first-order chi connectivity index (χ1) is 11.5. The van der Waals surface area contributed by atoms with Gasteiger partial charge in [0.2, 0.25) is 6.41 Å². The third-order valence-electron chi connectivity index (χ3n) is 4.43. The monoisotopic (exact) mass is 377 g/mol. The molecule has 0 spiro atoms. The Hall–Kier alpha value is -0.256. The van der Waals surface area contributed by atoms with Crippen molar-refractivity contribution < 1.29 is 22.8 Å². The Bertz CT molecular complexity index is 350. The first kappa shape index (κ1) is 21.8. The highest BCUT2D eigenvalue weighted by Crippen LogP contribution is 2.31. The van der Waals surface area contributed by atoms with Crippen molar-refractivity contribution in [3.63, 3.8) is 0 Å². The van der Waals surface area contributed by atoms with Gasteiger partial charge in [0.1, 0.15) is 0 Å². The van der Waals surface area contributed by atoms with Gasteiger partial charge in [-0.25, -0.2) is 0 Å². The van der Waals surface area contributed by atoms with Gasteiger partial charge in [-0.15, -0.1) is 0 Å². The van der Waals surface area contributed by atoms with E-state index in [-0.39, 0.29) is 0 Å². The maximum absolute atomic E-state index is 10.4. The molecule has 142 valence electrons. The molecule has 1 rings (SSSR count). The van der Waals surface area contributed by atoms with Crippen molar-refractivity contribution in [2.24, 2.45) is 0 Å². The highest BCUT2D eigenvalue weighted by atomic mass is 28.4. The molecule has 0 saturated carbocycles. The van der Waals surface area contributed by atoms with Crippen LogP contribution in [0.4, 0.5) is 0 Å². The fraction of sp³-hybridized carbons (Fsp3) is 0.938. The van der Waals surface area contributed by atoms with Crippen LogP contribution in [0.2, 0.25) is 31.2 Å². The van der Waals surface area contributed by atoms with Crippen molar-refractivity contribution in [2.45, 2.75) is 56.9 Å². The molecule has 1 heterocycles. The largest absolute Gasteiger partial charge is 0.436 e. The summed E-state index contributed by atoms with van der Waals surface area (Å²) in [6, 6.07) is 3.27. The van der Waals surface area contributed by atoms with E-state index in [2.05, 4.69) is 18.4 Å². The number of carbonyl (C=O) groups excluding carboxylic acids is 1. The summed E-state index contributed by atoms with van der Waals surface area (Å²) >= 11 is 0. The minimum atomic E-state index is -2.13. The van der Waals surface area contributed by atoms with Crippen molar-refractivity contribution in [1.82, 2.24) is 5.32 Å². The van der Waals surface area contributed by atoms with Gasteiger partial charge in [-0.2, -0.15) is 0 Å². The Labute approximate surface area is 149 Å². The van der Waals surface area contributed by atoms with Crippen LogP contribution in [-0.4, -0.2) is 63.4 Å². The second-order valence-corrected chi connectivity index (χ2v) is 14.6. The summed E-state index contributed by atoms with van der Waals surface area (Å²) in [7, 11) is -2.21. The molecule has 0 aliphatic carbocycles. The molecule has 2 atom stereocenters. The summed E-state index contributed by atoms with van der Waals surface area (Å²) in [5.41, 5.74) is 0. The van der Waals surface area contributed by atoms with Crippen molar-refractivity contribution in [2.75, 3.05) is 40.1 Å². The quantitative estimate of drug-likeness (QED) is 0.322. The molecule has 0 aromatic carbocycles. The van der Waals surface area contributed by atoms with Crippen LogP contribution in [-0.2, 0) is 22.8 Å². The molecule has 1 fully saturated rings. The summed E-state index contributed by atoms with van der Waals surface area (Å²) < 4.78 is 23.5. The Morgan fingerprint density at radius 3 is 2.71 bits per heavy atom. The van der Waals surface area contributed by atoms with E-state index in [1.165, 1.54) is 12.5 Å². The number of methoxy groups -OCH3 is 1. The van der Waals surface area contributed by atoms with Gasteiger partial charge in [-0.05, 0) is 50.5 Å². The number of hydrogen-bond donors (Lipinski definition) is 1. The molecular weight excluding hydrogens is 342 g/mol. The molecule has 1 N–H and O–H groups in total. The lowest BCUT2D eigenvalue weighted by Crippen LogP contribution is -2.51. The van der Waals surface area contributed by atoms with Gasteiger partial charge in [-0.3, -0.25) is 4.79 Å². The maximum Gasteiger partial charge on any atom is 0.324 e. The average Bonchev–Trinajstić information content (AvgIpc) is 2.53. The number of amides is 1. The summed E-state index contributed by atoms with van der Waals surface area (Å²) in [4.78, 5) is 10.4. The Morgan fingerprint density at radius 1 is 1.12 bits per heavy atom. The molecular formula is C16H35NO5Si2. The van der Waals surface area contributed by atoms with Crippen molar-refractivity contribution in [1.29, 1.82) is 0 Å². The first-order valence-corrected chi connectivity index (χ1v) is 14.5. The summed E-state index contributed by atoms with van der Waals surface area (Å²) in [6.45, 7) is 8.13. The first-order valence-electron chi connectivity index (χ1n) is 9.11. The van der Waals surface area contributed by atoms with Gasteiger partial charge in [0.15, 0.2) is 8.32 Å². The second kappa shape index (κ2) is 12.2. The van der Waals surface area contributed by atoms with Crippen LogP contribution >= 0.6 is 0 Å². The molecule has 8 heteroatoms. The van der Waals surface area contributed by atoms with Gasteiger partial charge < -0.3 is 23.3 Å². The van der Waals surface area contributed by atoms with Crippen LogP contribution in [0.15, 0.2) is 0 Å². The fourth-order valence-electron chi connectivity index (χ4n) is 3.15. The van der Waals surface area contributed by atoms with E-state index in [0.717, 1.165) is 57.5 Å². The zero-order valence-corrected chi connectivity index (χ0v) is 17.6. The van der Waals surface area contributed by atoms with Crippen molar-refractivity contribution >= 4 is 23.3 Å². The molecule has 0 aromatic rings. The molecule has 1 aliphatic rings. The lowest BCUT2D eigenvalue weighted by molar-refractivity contribution is -0.109. The van der Waals surface area contributed by atoms with Gasteiger partial charge in [0, 0.05) is 26.9 Å². The molecule has 0 radical (unpaired) electrons. The lowest BCUT2D eigenvalue weighted by atomic mass is 10.4. The van der Waals surface area contributed by atoms with Crippen molar-refractivity contribution in [3.8, 4) is 0 Å². The van der Waals surface area contributed by atoms with Crippen LogP contribution in [0.1, 0.15) is 25.7 Å². The summed E-state index contributed by atoms with van der Waals surface area (Å²) in [5, 5.41) is 2.75. The third-order valence-corrected chi connectivity index (χ3v) is 13.0. The molecule has 1 aliphatic heterocycles. The molecule has 6 nitrogen and oxygen atoms in total. The van der Waals surface area contributed by atoms with E-state index >= 15 is 0 Å². The summed E-state index contributed by atoms with van der Waals surface area (Å²) in [5.74, 6) is 0. The van der Waals surface area contributed by atoms with E-state index < -0.39 is 16.9 Å². The molecule has 2 unspecified atom stereocenters. The predicted octanol–water partition coefficient (Wildman–Crippen LogP) is 2.65. The van der Waals surface area contributed by atoms with Gasteiger partial charge >= 0.3 is 8.56 Å². The topological polar surface area (TPSA) is 66.0 Å². The van der Waals surface area contributed by atoms with Gasteiger partial charge in [0.05, 0.1) is 13.2 Å². The van der Waals surface area contributed by atoms with E-state index in [4.69, 9.17) is 18.0 Å². The van der Waals surface area contributed by atoms with Crippen molar-refractivity contribution in [3.05, 3.63) is 0 Å². The number of carbonyl (C=O) groups is 1. The minimum Gasteiger partial charge on any atom is -0.436 e. The highest BCUT2D eigenvalue weighted by molar-refractivity contribution is 6.83. The number of nitrogens with one attached hydrogen (secondary N) is 1. The molecule has 0 aromatic heterocycles. The highest BCUT2D eigenvalue weighted by Gasteiger charge is 2.41. The zero-order chi connectivity index (χ0) is 17.7. The third kappa shape index (κ3) is 9.29. The molecule has 1 saturated heterocycles. The smallest absolute Gasteiger partial charge is 0.324 e. The van der Waals surface area contributed by atoms with Gasteiger partial charge in [-0.1, -0.05) is 6.42 Å². The number of rotatable bonds is 12. The normalized spacial score (nSPS) is 28.1. The SMILES string of the molecule is COCCOCCC[Si]1(C)OCCCC[Si](C)(CCCNC=O)O1. The summed E-state index contributed by atoms with van der Waals surface area (Å²) in [6.07, 6.45) is 5.06. The molecule has 24 heavy (non-hydrogen) atoms. The molecule has 1 amide bonds. The van der Waals surface area contributed by atoms with E-state index in [1.54, 1.807) is 7.11 Å². The maximum atomic E-state index is 10.4. The van der Waals surface area contributed by atoms with E-state index in [1.807, 2.05) is 0 Å². The standard InChI is InChI=1S/C16H35NO5Si2/c1-19-11-12-20-9-7-15-24(3)21-10-4-5-13-23(2,22-24)14-6-8-17-16-18/h16H,4-15H2,1-3H3,(H,17,18). The van der Waals surface area contributed by atoms with Crippen LogP contribution in [0.3, 0.4) is 0 Å². The number of ether oxygens (including phenoxy) is 2. The van der Waals surface area contributed by atoms with Crippen LogP contribution in [0.5, 0.6) is 0 Å². The average molecular weight is 378 g/mol. The lowest BCUT2D eigenvalue weighted by Gasteiger charge is -2.40. The Kier molecular flexibility index (Phi) is 11.0. The fourth-order valence-corrected chi connectivity index (χ4v) is 12.5. The van der Waals surface area contributed by atoms with Crippen LogP contribution in [0, 0.1) is 0 Å². The number of hydrogen-bond acceptors (Lipinski definition) is 5. The minimum absolute atomic E-state index is 0.640. The molecule has 0 bridgehead atoms. The van der Waals surface area contributed by atoms with Crippen LogP contribution in [0.25, 0.3) is 0 Å². The predicted molar refractivity (Wildman–Crippen MR) is 99.9 cm³/mol. The zero-order valence-electron chi connectivity index (χ0n) is 15.6. The Morgan fingerprint density at radius 2 is 1.96 bits per heavy atom. The van der Waals surface area contributed by atoms with E-state index in [0.29, 0.717) is 13.2 Å².